The van der Waals surface area contributed by atoms with Crippen LogP contribution in [0.3, 0.4) is 0 Å². The number of hydrogen-bond donors (Lipinski definition) is 0. The first-order chi connectivity index (χ1) is 5.45. The zero-order chi connectivity index (χ0) is 7.52. The fourth-order valence-corrected chi connectivity index (χ4v) is 4.59. The molecule has 0 amide bonds. The summed E-state index contributed by atoms with van der Waals surface area (Å²) in [5.41, 5.74) is 0. The Morgan fingerprint density at radius 2 is 1.00 bits per heavy atom. The van der Waals surface area contributed by atoms with E-state index in [1.54, 1.807) is 0 Å². The summed E-state index contributed by atoms with van der Waals surface area (Å²) in [5, 5.41) is 0. The van der Waals surface area contributed by atoms with Crippen molar-refractivity contribution in [2.45, 2.75) is 7.25 Å². The van der Waals surface area contributed by atoms with E-state index in [4.69, 9.17) is 0 Å². The van der Waals surface area contributed by atoms with E-state index in [2.05, 4.69) is 48.6 Å². The van der Waals surface area contributed by atoms with Gasteiger partial charge < -0.3 is 0 Å². The van der Waals surface area contributed by atoms with E-state index in [-0.39, 0.29) is 23.2 Å². The van der Waals surface area contributed by atoms with E-state index >= 15 is 0 Å². The predicted octanol–water partition coefficient (Wildman–Crippen LogP) is 2.90. The molecule has 11 heavy (non-hydrogen) atoms. The Balaban J connectivity index is 1.90. The van der Waals surface area contributed by atoms with Crippen molar-refractivity contribution in [1.82, 2.24) is 0 Å². The second-order valence-corrected chi connectivity index (χ2v) is 6.85. The average molecular weight is 221 g/mol. The molecule has 2 rings (SSSR count). The maximum atomic E-state index is 2.34. The molecule has 0 radical (unpaired) electrons. The molecule has 2 aliphatic carbocycles. The van der Waals surface area contributed by atoms with Gasteiger partial charge in [0.2, 0.25) is 0 Å². The normalized spacial score (nSPS) is 22.2. The summed E-state index contributed by atoms with van der Waals surface area (Å²) in [4.78, 5) is 0. The molecule has 2 aliphatic rings. The molecule has 0 aromatic rings. The molecular weight excluding hydrogens is 211 g/mol. The van der Waals surface area contributed by atoms with Crippen LogP contribution in [-0.4, -0.2) is 0 Å². The molecule has 0 unspecified atom stereocenters. The van der Waals surface area contributed by atoms with Crippen LogP contribution in [0.5, 0.6) is 0 Å². The fourth-order valence-electron chi connectivity index (χ4n) is 1.31. The van der Waals surface area contributed by atoms with E-state index in [1.807, 2.05) is 0 Å². The van der Waals surface area contributed by atoms with Crippen molar-refractivity contribution in [3.05, 3.63) is 48.6 Å². The van der Waals surface area contributed by atoms with Crippen molar-refractivity contribution < 1.29 is 23.2 Å². The molecule has 0 saturated heterocycles. The Labute approximate surface area is 78.9 Å². The van der Waals surface area contributed by atoms with Crippen molar-refractivity contribution >= 4 is 0 Å². The Bertz CT molecular complexity index is 196. The average Bonchev–Trinajstić information content (AvgIpc) is 2.60. The van der Waals surface area contributed by atoms with Gasteiger partial charge in [0.1, 0.15) is 0 Å². The molecule has 0 bridgehead atoms. The van der Waals surface area contributed by atoms with Gasteiger partial charge >= 0.3 is 79.1 Å². The third-order valence-electron chi connectivity index (χ3n) is 1.88. The summed E-state index contributed by atoms with van der Waals surface area (Å²) < 4.78 is 1.69. The predicted molar refractivity (Wildman–Crippen MR) is 44.1 cm³/mol. The van der Waals surface area contributed by atoms with E-state index in [0.717, 1.165) is 7.25 Å². The molecular formula is C10H10Zr. The Morgan fingerprint density at radius 1 is 0.636 bits per heavy atom. The second-order valence-electron chi connectivity index (χ2n) is 2.76. The summed E-state index contributed by atoms with van der Waals surface area (Å²) in [6, 6.07) is 0. The number of hydrogen-bond acceptors (Lipinski definition) is 0. The molecule has 1 heteroatoms. The molecule has 0 atom stereocenters. The molecule has 0 heterocycles. The SMILES string of the molecule is C1=C[CH]([Zr][CH]2C=CC=C2)C=C1. The molecule has 0 N–H and O–H groups in total. The fraction of sp³-hybridized carbons (Fsp3) is 0.200. The van der Waals surface area contributed by atoms with E-state index in [9.17, 15) is 0 Å². The molecule has 0 saturated carbocycles. The molecule has 0 aromatic heterocycles. The van der Waals surface area contributed by atoms with Gasteiger partial charge in [-0.1, -0.05) is 0 Å². The first-order valence-corrected chi connectivity index (χ1v) is 6.75. The van der Waals surface area contributed by atoms with Crippen LogP contribution in [0, 0.1) is 0 Å². The summed E-state index contributed by atoms with van der Waals surface area (Å²) in [7, 11) is 0. The van der Waals surface area contributed by atoms with Gasteiger partial charge in [-0.3, -0.25) is 0 Å². The molecule has 0 aromatic carbocycles. The van der Waals surface area contributed by atoms with Gasteiger partial charge in [0, 0.05) is 0 Å². The van der Waals surface area contributed by atoms with Crippen LogP contribution in [0.1, 0.15) is 0 Å². The van der Waals surface area contributed by atoms with Crippen molar-refractivity contribution in [2.24, 2.45) is 0 Å². The zero-order valence-electron chi connectivity index (χ0n) is 6.27. The minimum atomic E-state index is -0.256. The molecule has 0 nitrogen and oxygen atoms in total. The van der Waals surface area contributed by atoms with Crippen molar-refractivity contribution in [3.8, 4) is 0 Å². The van der Waals surface area contributed by atoms with Gasteiger partial charge in [0.05, 0.1) is 0 Å². The molecule has 0 aliphatic heterocycles. The summed E-state index contributed by atoms with van der Waals surface area (Å²) in [6.45, 7) is 0. The van der Waals surface area contributed by atoms with Crippen LogP contribution in [0.2, 0.25) is 7.25 Å². The molecule has 54 valence electrons. The monoisotopic (exact) mass is 220 g/mol. The van der Waals surface area contributed by atoms with Gasteiger partial charge in [0.25, 0.3) is 0 Å². The molecule has 0 spiro atoms. The molecule has 0 fully saturated rings. The topological polar surface area (TPSA) is 0 Å². The van der Waals surface area contributed by atoms with Crippen molar-refractivity contribution in [1.29, 1.82) is 0 Å². The van der Waals surface area contributed by atoms with Gasteiger partial charge in [-0.05, 0) is 0 Å². The van der Waals surface area contributed by atoms with Gasteiger partial charge in [-0.15, -0.1) is 0 Å². The maximum absolute atomic E-state index is 2.34. The Kier molecular flexibility index (Phi) is 2.38. The second kappa shape index (κ2) is 3.49. The van der Waals surface area contributed by atoms with Crippen molar-refractivity contribution in [2.75, 3.05) is 0 Å². The van der Waals surface area contributed by atoms with E-state index < -0.39 is 0 Å². The van der Waals surface area contributed by atoms with Gasteiger partial charge in [0.15, 0.2) is 0 Å². The standard InChI is InChI=1S/2C5H5.Zr/c2*1-2-4-5-3-1;/h2*1-5H;. The van der Waals surface area contributed by atoms with Crippen LogP contribution in [0.25, 0.3) is 0 Å². The summed E-state index contributed by atoms with van der Waals surface area (Å²) in [6.07, 6.45) is 18.1. The van der Waals surface area contributed by atoms with Crippen LogP contribution in [0.4, 0.5) is 0 Å². The first kappa shape index (κ1) is 7.49. The van der Waals surface area contributed by atoms with Gasteiger partial charge in [-0.2, -0.15) is 0 Å². The quantitative estimate of drug-likeness (QED) is 0.672. The third kappa shape index (κ3) is 1.90. The van der Waals surface area contributed by atoms with Crippen LogP contribution < -0.4 is 0 Å². The van der Waals surface area contributed by atoms with Gasteiger partial charge in [-0.25, -0.2) is 0 Å². The Morgan fingerprint density at radius 3 is 1.36 bits per heavy atom. The van der Waals surface area contributed by atoms with Crippen LogP contribution >= 0.6 is 0 Å². The van der Waals surface area contributed by atoms with Crippen molar-refractivity contribution in [3.63, 3.8) is 0 Å². The van der Waals surface area contributed by atoms with Crippen LogP contribution in [0.15, 0.2) is 48.6 Å². The third-order valence-corrected chi connectivity index (χ3v) is 5.67. The summed E-state index contributed by atoms with van der Waals surface area (Å²) >= 11 is -0.256. The van der Waals surface area contributed by atoms with Crippen LogP contribution in [-0.2, 0) is 23.2 Å². The zero-order valence-corrected chi connectivity index (χ0v) is 8.73. The van der Waals surface area contributed by atoms with E-state index in [1.165, 1.54) is 0 Å². The summed E-state index contributed by atoms with van der Waals surface area (Å²) in [5.74, 6) is 0. The minimum absolute atomic E-state index is 0.256. The number of allylic oxidation sites excluding steroid dienone is 8. The Hall–Kier alpha value is -0.157. The number of rotatable bonds is 2. The van der Waals surface area contributed by atoms with E-state index in [0.29, 0.717) is 0 Å². The first-order valence-electron chi connectivity index (χ1n) is 3.91.